The van der Waals surface area contributed by atoms with Crippen molar-refractivity contribution in [1.29, 1.82) is 0 Å². The van der Waals surface area contributed by atoms with Crippen LogP contribution in [-0.2, 0) is 10.0 Å². The molecule has 0 aliphatic heterocycles. The molecule has 2 aromatic carbocycles. The zero-order valence-corrected chi connectivity index (χ0v) is 12.5. The smallest absolute Gasteiger partial charge is 0.406 e. The Balaban J connectivity index is 2.26. The summed E-state index contributed by atoms with van der Waals surface area (Å²) in [6.07, 6.45) is -4.87. The first-order valence-corrected chi connectivity index (χ1v) is 7.69. The number of para-hydroxylation sites is 1. The molecule has 128 valence electrons. The van der Waals surface area contributed by atoms with E-state index in [-0.39, 0.29) is 5.69 Å². The highest BCUT2D eigenvalue weighted by Crippen LogP contribution is 2.27. The first kappa shape index (κ1) is 17.5. The Kier molecular flexibility index (Phi) is 4.64. The number of hydrogen-bond donors (Lipinski definition) is 1. The molecule has 0 bridgehead atoms. The van der Waals surface area contributed by atoms with Gasteiger partial charge in [0, 0.05) is 11.8 Å². The van der Waals surface area contributed by atoms with Gasteiger partial charge in [-0.2, -0.15) is 0 Å². The number of anilines is 1. The molecule has 0 unspecified atom stereocenters. The zero-order valence-electron chi connectivity index (χ0n) is 11.6. The van der Waals surface area contributed by atoms with E-state index in [1.807, 2.05) is 0 Å². The predicted octanol–water partition coefficient (Wildman–Crippen LogP) is 3.29. The summed E-state index contributed by atoms with van der Waals surface area (Å²) in [4.78, 5) is 9.47. The van der Waals surface area contributed by atoms with Gasteiger partial charge in [0.05, 0.1) is 4.92 Å². The van der Waals surface area contributed by atoms with Crippen LogP contribution in [0, 0.1) is 10.1 Å². The van der Waals surface area contributed by atoms with Gasteiger partial charge in [-0.05, 0) is 30.3 Å². The third-order valence-electron chi connectivity index (χ3n) is 2.69. The van der Waals surface area contributed by atoms with Crippen molar-refractivity contribution in [3.05, 3.63) is 58.6 Å². The summed E-state index contributed by atoms with van der Waals surface area (Å²) in [5.74, 6) is -0.531. The first-order chi connectivity index (χ1) is 11.1. The van der Waals surface area contributed by atoms with E-state index in [9.17, 15) is 31.7 Å². The maximum absolute atomic E-state index is 12.2. The van der Waals surface area contributed by atoms with Crippen molar-refractivity contribution >= 4 is 21.4 Å². The number of nitrogens with one attached hydrogen (secondary N) is 1. The number of rotatable bonds is 5. The summed E-state index contributed by atoms with van der Waals surface area (Å²) in [6, 6.07) is 8.56. The molecule has 2 rings (SSSR count). The van der Waals surface area contributed by atoms with Gasteiger partial charge in [-0.1, -0.05) is 12.1 Å². The molecule has 1 N–H and O–H groups in total. The fourth-order valence-corrected chi connectivity index (χ4v) is 3.00. The van der Waals surface area contributed by atoms with Crippen LogP contribution in [0.15, 0.2) is 53.4 Å². The van der Waals surface area contributed by atoms with E-state index in [0.29, 0.717) is 0 Å². The standard InChI is InChI=1S/C13H9F3N2O5S/c14-13(15,16)23-10-7-5-9(6-8-10)17-24(21,22)12-4-2-1-3-11(12)18(19)20/h1-8,17H. The van der Waals surface area contributed by atoms with Gasteiger partial charge in [0.25, 0.3) is 15.7 Å². The van der Waals surface area contributed by atoms with E-state index in [0.717, 1.165) is 36.4 Å². The average Bonchev–Trinajstić information content (AvgIpc) is 2.47. The van der Waals surface area contributed by atoms with E-state index in [1.54, 1.807) is 0 Å². The summed E-state index contributed by atoms with van der Waals surface area (Å²) in [5.41, 5.74) is -0.704. The molecule has 7 nitrogen and oxygen atoms in total. The van der Waals surface area contributed by atoms with Crippen molar-refractivity contribution in [2.24, 2.45) is 0 Å². The van der Waals surface area contributed by atoms with Crippen molar-refractivity contribution in [2.75, 3.05) is 4.72 Å². The van der Waals surface area contributed by atoms with Gasteiger partial charge in [0.2, 0.25) is 0 Å². The minimum absolute atomic E-state index is 0.0809. The lowest BCUT2D eigenvalue weighted by Crippen LogP contribution is -2.17. The van der Waals surface area contributed by atoms with Crippen LogP contribution in [0.25, 0.3) is 0 Å². The number of nitro benzene ring substituents is 1. The van der Waals surface area contributed by atoms with Crippen molar-refractivity contribution < 1.29 is 31.2 Å². The molecular formula is C13H9F3N2O5S. The van der Waals surface area contributed by atoms with Crippen molar-refractivity contribution in [1.82, 2.24) is 0 Å². The fraction of sp³-hybridized carbons (Fsp3) is 0.0769. The molecule has 0 aromatic heterocycles. The Morgan fingerprint density at radius 1 is 1.04 bits per heavy atom. The molecule has 0 aliphatic rings. The fourth-order valence-electron chi connectivity index (χ4n) is 1.77. The van der Waals surface area contributed by atoms with Gasteiger partial charge in [0.15, 0.2) is 4.90 Å². The molecule has 0 aliphatic carbocycles. The number of nitrogens with zero attached hydrogens (tertiary/aromatic N) is 1. The molecule has 24 heavy (non-hydrogen) atoms. The number of hydrogen-bond acceptors (Lipinski definition) is 5. The van der Waals surface area contributed by atoms with Crippen LogP contribution in [0.3, 0.4) is 0 Å². The number of ether oxygens (including phenoxy) is 1. The molecular weight excluding hydrogens is 353 g/mol. The van der Waals surface area contributed by atoms with Crippen LogP contribution in [0.5, 0.6) is 5.75 Å². The minimum Gasteiger partial charge on any atom is -0.406 e. The van der Waals surface area contributed by atoms with E-state index in [4.69, 9.17) is 0 Å². The normalized spacial score (nSPS) is 11.8. The number of alkyl halides is 3. The Morgan fingerprint density at radius 2 is 1.62 bits per heavy atom. The van der Waals surface area contributed by atoms with Crippen molar-refractivity contribution in [3.8, 4) is 5.75 Å². The molecule has 0 amide bonds. The summed E-state index contributed by atoms with van der Waals surface area (Å²) < 4.78 is 66.3. The van der Waals surface area contributed by atoms with E-state index in [1.165, 1.54) is 12.1 Å². The van der Waals surface area contributed by atoms with Gasteiger partial charge in [0.1, 0.15) is 5.75 Å². The predicted molar refractivity (Wildman–Crippen MR) is 77.0 cm³/mol. The second-order valence-corrected chi connectivity index (χ2v) is 6.05. The molecule has 0 atom stereocenters. The third kappa shape index (κ3) is 4.35. The highest BCUT2D eigenvalue weighted by molar-refractivity contribution is 7.92. The quantitative estimate of drug-likeness (QED) is 0.650. The van der Waals surface area contributed by atoms with Crippen molar-refractivity contribution in [3.63, 3.8) is 0 Å². The molecule has 0 radical (unpaired) electrons. The Morgan fingerprint density at radius 3 is 2.17 bits per heavy atom. The first-order valence-electron chi connectivity index (χ1n) is 6.20. The SMILES string of the molecule is O=[N+]([O-])c1ccccc1S(=O)(=O)Nc1ccc(OC(F)(F)F)cc1. The highest BCUT2D eigenvalue weighted by atomic mass is 32.2. The maximum Gasteiger partial charge on any atom is 0.573 e. The topological polar surface area (TPSA) is 98.5 Å². The Hall–Kier alpha value is -2.82. The lowest BCUT2D eigenvalue weighted by Gasteiger charge is -2.11. The maximum atomic E-state index is 12.2. The molecule has 0 fully saturated rings. The summed E-state index contributed by atoms with van der Waals surface area (Å²) in [5, 5.41) is 10.9. The largest absolute Gasteiger partial charge is 0.573 e. The zero-order chi connectivity index (χ0) is 18.0. The second kappa shape index (κ2) is 6.35. The highest BCUT2D eigenvalue weighted by Gasteiger charge is 2.31. The van der Waals surface area contributed by atoms with Crippen LogP contribution < -0.4 is 9.46 Å². The molecule has 0 saturated carbocycles. The van der Waals surface area contributed by atoms with Gasteiger partial charge in [-0.25, -0.2) is 8.42 Å². The Labute approximate surface area is 133 Å². The lowest BCUT2D eigenvalue weighted by atomic mass is 10.3. The van der Waals surface area contributed by atoms with Gasteiger partial charge in [-0.15, -0.1) is 13.2 Å². The molecule has 0 heterocycles. The average molecular weight is 362 g/mol. The number of nitro groups is 1. The minimum atomic E-state index is -4.87. The molecule has 0 spiro atoms. The van der Waals surface area contributed by atoms with E-state index >= 15 is 0 Å². The van der Waals surface area contributed by atoms with Crippen molar-refractivity contribution in [2.45, 2.75) is 11.3 Å². The lowest BCUT2D eigenvalue weighted by molar-refractivity contribution is -0.387. The van der Waals surface area contributed by atoms with Crippen LogP contribution in [0.4, 0.5) is 24.5 Å². The molecule has 11 heteroatoms. The second-order valence-electron chi connectivity index (χ2n) is 4.40. The van der Waals surface area contributed by atoms with E-state index < -0.39 is 37.6 Å². The molecule has 0 saturated heterocycles. The number of halogens is 3. The van der Waals surface area contributed by atoms with Crippen LogP contribution in [0.1, 0.15) is 0 Å². The van der Waals surface area contributed by atoms with E-state index in [2.05, 4.69) is 9.46 Å². The summed E-state index contributed by atoms with van der Waals surface area (Å²) in [6.45, 7) is 0. The third-order valence-corrected chi connectivity index (χ3v) is 4.12. The summed E-state index contributed by atoms with van der Waals surface area (Å²) >= 11 is 0. The van der Waals surface area contributed by atoms with Crippen LogP contribution in [-0.4, -0.2) is 19.7 Å². The monoisotopic (exact) mass is 362 g/mol. The van der Waals surface area contributed by atoms with Gasteiger partial charge >= 0.3 is 6.36 Å². The van der Waals surface area contributed by atoms with Gasteiger partial charge < -0.3 is 4.74 Å². The van der Waals surface area contributed by atoms with Crippen LogP contribution in [0.2, 0.25) is 0 Å². The number of sulfonamides is 1. The molecule has 2 aromatic rings. The van der Waals surface area contributed by atoms with Gasteiger partial charge in [-0.3, -0.25) is 14.8 Å². The summed E-state index contributed by atoms with van der Waals surface area (Å²) in [7, 11) is -4.29. The van der Waals surface area contributed by atoms with Crippen LogP contribution >= 0.6 is 0 Å². The Bertz CT molecular complexity index is 851. The number of benzene rings is 2.